The van der Waals surface area contributed by atoms with E-state index >= 15 is 0 Å². The van der Waals surface area contributed by atoms with Crippen LogP contribution in [0.4, 0.5) is 5.69 Å². The van der Waals surface area contributed by atoms with Gasteiger partial charge in [0, 0.05) is 55.9 Å². The fraction of sp³-hybridized carbons (Fsp3) is 0.333. The molecule has 1 aromatic heterocycles. The summed E-state index contributed by atoms with van der Waals surface area (Å²) >= 11 is 0. The van der Waals surface area contributed by atoms with Crippen molar-refractivity contribution in [2.45, 2.75) is 42.7 Å². The van der Waals surface area contributed by atoms with Crippen molar-refractivity contribution in [2.75, 3.05) is 25.0 Å². The van der Waals surface area contributed by atoms with E-state index in [0.29, 0.717) is 12.0 Å². The third kappa shape index (κ3) is 4.94. The van der Waals surface area contributed by atoms with Crippen molar-refractivity contribution in [3.63, 3.8) is 0 Å². The van der Waals surface area contributed by atoms with Crippen LogP contribution < -0.4 is 9.62 Å². The molecule has 1 saturated heterocycles. The summed E-state index contributed by atoms with van der Waals surface area (Å²) in [7, 11) is -1.76. The number of hydrogen-bond donors (Lipinski definition) is 1. The monoisotopic (exact) mass is 490 g/mol. The van der Waals surface area contributed by atoms with Crippen LogP contribution >= 0.6 is 0 Å². The summed E-state index contributed by atoms with van der Waals surface area (Å²) < 4.78 is 28.6. The van der Waals surface area contributed by atoms with Gasteiger partial charge in [-0.25, -0.2) is 13.1 Å². The van der Waals surface area contributed by atoms with Gasteiger partial charge in [-0.1, -0.05) is 24.3 Å². The maximum Gasteiger partial charge on any atom is 0.253 e. The maximum atomic E-state index is 13.4. The second-order valence-corrected chi connectivity index (χ2v) is 11.0. The van der Waals surface area contributed by atoms with Gasteiger partial charge >= 0.3 is 0 Å². The lowest BCUT2D eigenvalue weighted by Crippen LogP contribution is -2.45. The SMILES string of the molecule is CN(C(=O)c1ccc2c(c1)[C@H](NS(=O)(=O)c1ccccc1)CC2)C1CCN(c2ccncc2)CC1. The number of amides is 1. The Hall–Kier alpha value is -3.23. The summed E-state index contributed by atoms with van der Waals surface area (Å²) in [6, 6.07) is 18.0. The summed E-state index contributed by atoms with van der Waals surface area (Å²) in [4.78, 5) is 21.9. The van der Waals surface area contributed by atoms with Crippen molar-refractivity contribution >= 4 is 21.6 Å². The van der Waals surface area contributed by atoms with E-state index in [1.54, 1.807) is 42.7 Å². The second kappa shape index (κ2) is 9.79. The molecular formula is C27H30N4O3S. The number of nitrogens with zero attached hydrogens (tertiary/aromatic N) is 3. The van der Waals surface area contributed by atoms with Crippen LogP contribution in [0.25, 0.3) is 0 Å². The standard InChI is InChI=1S/C27H30N4O3S/c1-30(22-13-17-31(18-14-22)23-11-15-28-16-12-23)27(32)21-8-7-20-9-10-26(25(20)19-21)29-35(33,34)24-5-3-2-4-6-24/h2-8,11-12,15-16,19,22,26,29H,9-10,13-14,17-18H2,1H3/t26-/m1/s1. The summed E-state index contributed by atoms with van der Waals surface area (Å²) in [6.07, 6.45) is 6.87. The molecule has 0 radical (unpaired) electrons. The van der Waals surface area contributed by atoms with E-state index in [4.69, 9.17) is 0 Å². The number of benzene rings is 2. The fourth-order valence-corrected chi connectivity index (χ4v) is 6.42. The van der Waals surface area contributed by atoms with E-state index in [0.717, 1.165) is 49.2 Å². The van der Waals surface area contributed by atoms with E-state index in [1.165, 1.54) is 0 Å². The van der Waals surface area contributed by atoms with Gasteiger partial charge in [0.1, 0.15) is 0 Å². The van der Waals surface area contributed by atoms with Gasteiger partial charge in [0.2, 0.25) is 10.0 Å². The second-order valence-electron chi connectivity index (χ2n) is 9.28. The lowest BCUT2D eigenvalue weighted by Gasteiger charge is -2.38. The molecular weight excluding hydrogens is 460 g/mol. The average Bonchev–Trinajstić information content (AvgIpc) is 3.30. The quantitative estimate of drug-likeness (QED) is 0.569. The topological polar surface area (TPSA) is 82.6 Å². The molecule has 2 heterocycles. The van der Waals surface area contributed by atoms with E-state index in [-0.39, 0.29) is 22.9 Å². The highest BCUT2D eigenvalue weighted by Gasteiger charge is 2.30. The number of rotatable bonds is 6. The van der Waals surface area contributed by atoms with E-state index in [1.807, 2.05) is 42.3 Å². The number of anilines is 1. The zero-order chi connectivity index (χ0) is 24.4. The molecule has 7 nitrogen and oxygen atoms in total. The summed E-state index contributed by atoms with van der Waals surface area (Å²) in [6.45, 7) is 1.78. The molecule has 1 aliphatic heterocycles. The third-order valence-electron chi connectivity index (χ3n) is 7.18. The molecule has 35 heavy (non-hydrogen) atoms. The van der Waals surface area contributed by atoms with Gasteiger partial charge in [0.15, 0.2) is 0 Å². The molecule has 1 amide bonds. The summed E-state index contributed by atoms with van der Waals surface area (Å²) in [5.41, 5.74) is 3.76. The predicted octanol–water partition coefficient (Wildman–Crippen LogP) is 3.79. The molecule has 2 aromatic carbocycles. The first-order valence-electron chi connectivity index (χ1n) is 12.0. The van der Waals surface area contributed by atoms with Gasteiger partial charge < -0.3 is 9.80 Å². The Bertz CT molecular complexity index is 1290. The Morgan fingerprint density at radius 3 is 2.43 bits per heavy atom. The van der Waals surface area contributed by atoms with Crippen LogP contribution in [-0.4, -0.2) is 50.4 Å². The molecule has 0 bridgehead atoms. The normalized spacial score (nSPS) is 18.3. The van der Waals surface area contributed by atoms with Crippen LogP contribution in [0.2, 0.25) is 0 Å². The van der Waals surface area contributed by atoms with Gasteiger partial charge in [-0.05, 0) is 73.2 Å². The molecule has 5 rings (SSSR count). The highest BCUT2D eigenvalue weighted by Crippen LogP contribution is 2.33. The van der Waals surface area contributed by atoms with Gasteiger partial charge in [0.05, 0.1) is 4.90 Å². The van der Waals surface area contributed by atoms with Crippen molar-refractivity contribution in [1.29, 1.82) is 0 Å². The largest absolute Gasteiger partial charge is 0.371 e. The predicted molar refractivity (Wildman–Crippen MR) is 136 cm³/mol. The van der Waals surface area contributed by atoms with Crippen molar-refractivity contribution < 1.29 is 13.2 Å². The first kappa shape index (κ1) is 23.5. The first-order chi connectivity index (χ1) is 16.9. The highest BCUT2D eigenvalue weighted by atomic mass is 32.2. The number of carbonyl (C=O) groups excluding carboxylic acids is 1. The number of piperidine rings is 1. The lowest BCUT2D eigenvalue weighted by atomic mass is 10.0. The van der Waals surface area contributed by atoms with Gasteiger partial charge in [-0.2, -0.15) is 0 Å². The van der Waals surface area contributed by atoms with Crippen LogP contribution in [0.15, 0.2) is 78.0 Å². The van der Waals surface area contributed by atoms with Crippen molar-refractivity contribution in [3.8, 4) is 0 Å². The van der Waals surface area contributed by atoms with E-state index < -0.39 is 10.0 Å². The van der Waals surface area contributed by atoms with E-state index in [9.17, 15) is 13.2 Å². The molecule has 3 aromatic rings. The number of hydrogen-bond acceptors (Lipinski definition) is 5. The Labute approximate surface area is 206 Å². The Kier molecular flexibility index (Phi) is 6.58. The number of aryl methyl sites for hydroxylation is 1. The minimum absolute atomic E-state index is 0.0215. The molecule has 8 heteroatoms. The van der Waals surface area contributed by atoms with Crippen LogP contribution in [0.5, 0.6) is 0 Å². The molecule has 1 N–H and O–H groups in total. The summed E-state index contributed by atoms with van der Waals surface area (Å²) in [5.74, 6) is -0.0215. The lowest BCUT2D eigenvalue weighted by molar-refractivity contribution is 0.0709. The molecule has 0 spiro atoms. The number of pyridine rings is 1. The Morgan fingerprint density at radius 1 is 1.00 bits per heavy atom. The number of aromatic nitrogens is 1. The molecule has 0 unspecified atom stereocenters. The first-order valence-corrected chi connectivity index (χ1v) is 13.5. The van der Waals surface area contributed by atoms with Crippen molar-refractivity contribution in [2.24, 2.45) is 0 Å². The van der Waals surface area contributed by atoms with Gasteiger partial charge in [0.25, 0.3) is 5.91 Å². The smallest absolute Gasteiger partial charge is 0.253 e. The molecule has 0 saturated carbocycles. The zero-order valence-corrected chi connectivity index (χ0v) is 20.6. The number of carbonyl (C=O) groups is 1. The minimum atomic E-state index is -3.64. The van der Waals surface area contributed by atoms with Crippen LogP contribution in [-0.2, 0) is 16.4 Å². The fourth-order valence-electron chi connectivity index (χ4n) is 5.15. The number of nitrogens with one attached hydrogen (secondary N) is 1. The Balaban J connectivity index is 1.27. The maximum absolute atomic E-state index is 13.4. The molecule has 1 fully saturated rings. The van der Waals surface area contributed by atoms with Crippen molar-refractivity contribution in [3.05, 3.63) is 89.7 Å². The Morgan fingerprint density at radius 2 is 1.71 bits per heavy atom. The summed E-state index contributed by atoms with van der Waals surface area (Å²) in [5, 5.41) is 0. The zero-order valence-electron chi connectivity index (χ0n) is 19.8. The van der Waals surface area contributed by atoms with Crippen molar-refractivity contribution in [1.82, 2.24) is 14.6 Å². The minimum Gasteiger partial charge on any atom is -0.371 e. The van der Waals surface area contributed by atoms with Crippen LogP contribution in [0, 0.1) is 0 Å². The third-order valence-corrected chi connectivity index (χ3v) is 8.67. The number of sulfonamides is 1. The van der Waals surface area contributed by atoms with E-state index in [2.05, 4.69) is 14.6 Å². The van der Waals surface area contributed by atoms with Crippen LogP contribution in [0.1, 0.15) is 46.8 Å². The molecule has 2 aliphatic rings. The molecule has 182 valence electrons. The molecule has 1 atom stereocenters. The highest BCUT2D eigenvalue weighted by molar-refractivity contribution is 7.89. The number of fused-ring (bicyclic) bond motifs is 1. The van der Waals surface area contributed by atoms with Gasteiger partial charge in [-0.3, -0.25) is 9.78 Å². The molecule has 1 aliphatic carbocycles. The van der Waals surface area contributed by atoms with Gasteiger partial charge in [-0.15, -0.1) is 0 Å². The van der Waals surface area contributed by atoms with Crippen LogP contribution in [0.3, 0.4) is 0 Å². The average molecular weight is 491 g/mol.